The number of carbonyl (C=O) groups excluding carboxylic acids is 1. The minimum Gasteiger partial charge on any atom is -0.464 e. The number of para-hydroxylation sites is 1. The number of pyridine rings is 1. The Morgan fingerprint density at radius 3 is 2.82 bits per heavy atom. The van der Waals surface area contributed by atoms with Crippen molar-refractivity contribution < 1.29 is 9.53 Å². The Labute approximate surface area is 194 Å². The van der Waals surface area contributed by atoms with Crippen LogP contribution in [0.1, 0.15) is 51.5 Å². The van der Waals surface area contributed by atoms with E-state index in [1.54, 1.807) is 6.20 Å². The van der Waals surface area contributed by atoms with Crippen LogP contribution >= 0.6 is 0 Å². The average Bonchev–Trinajstić information content (AvgIpc) is 3.15. The Morgan fingerprint density at radius 2 is 1.94 bits per heavy atom. The summed E-state index contributed by atoms with van der Waals surface area (Å²) in [5.41, 5.74) is 8.15. The number of nitrogens with one attached hydrogen (secondary N) is 2. The van der Waals surface area contributed by atoms with Gasteiger partial charge in [-0.2, -0.15) is 0 Å². The number of H-pyrrole nitrogens is 1. The fourth-order valence-electron chi connectivity index (χ4n) is 4.95. The molecule has 0 spiro atoms. The number of nitrogens with zero attached hydrogens (tertiary/aromatic N) is 1. The zero-order valence-corrected chi connectivity index (χ0v) is 18.9. The van der Waals surface area contributed by atoms with Crippen molar-refractivity contribution in [2.24, 2.45) is 0 Å². The molecule has 2 heterocycles. The van der Waals surface area contributed by atoms with E-state index in [1.165, 1.54) is 46.0 Å². The van der Waals surface area contributed by atoms with Crippen LogP contribution in [-0.2, 0) is 24.0 Å². The van der Waals surface area contributed by atoms with Crippen molar-refractivity contribution in [3.05, 3.63) is 94.9 Å². The molecular formula is C28H29N3O2. The molecule has 1 aliphatic carbocycles. The number of carbonyl (C=O) groups is 1. The quantitative estimate of drug-likeness (QED) is 0.300. The standard InChI is InChI=1S/C28H29N3O2/c1-33-28(32)27-17-22(12-15-30-27)19-6-7-20-10-11-24(16-21(20)9-8-19)29-14-13-23-18-31-26-5-3-2-4-25(23)26/h2-5,10-12,15-19,29,31H,6-9,13-14H2,1H3. The number of ether oxygens (including phenoxy) is 1. The van der Waals surface area contributed by atoms with Gasteiger partial charge >= 0.3 is 5.97 Å². The molecule has 0 saturated carbocycles. The third-order valence-electron chi connectivity index (χ3n) is 6.78. The van der Waals surface area contributed by atoms with Crippen molar-refractivity contribution in [3.63, 3.8) is 0 Å². The fourth-order valence-corrected chi connectivity index (χ4v) is 4.95. The number of rotatable bonds is 6. The summed E-state index contributed by atoms with van der Waals surface area (Å²) in [7, 11) is 1.39. The van der Waals surface area contributed by atoms with Gasteiger partial charge in [0.25, 0.3) is 0 Å². The molecule has 4 aromatic rings. The molecule has 0 amide bonds. The number of aromatic amines is 1. The summed E-state index contributed by atoms with van der Waals surface area (Å²) in [4.78, 5) is 19.4. The first-order chi connectivity index (χ1) is 16.2. The smallest absolute Gasteiger partial charge is 0.356 e. The van der Waals surface area contributed by atoms with E-state index in [1.807, 2.05) is 12.1 Å². The van der Waals surface area contributed by atoms with Crippen molar-refractivity contribution >= 4 is 22.6 Å². The molecule has 0 radical (unpaired) electrons. The molecule has 5 rings (SSSR count). The predicted molar refractivity (Wildman–Crippen MR) is 132 cm³/mol. The summed E-state index contributed by atoms with van der Waals surface area (Å²) < 4.78 is 4.83. The highest BCUT2D eigenvalue weighted by atomic mass is 16.5. The second kappa shape index (κ2) is 9.49. The van der Waals surface area contributed by atoms with E-state index in [0.717, 1.165) is 38.6 Å². The summed E-state index contributed by atoms with van der Waals surface area (Å²) in [6.45, 7) is 0.899. The van der Waals surface area contributed by atoms with Crippen molar-refractivity contribution in [1.82, 2.24) is 9.97 Å². The van der Waals surface area contributed by atoms with Crippen LogP contribution in [0.3, 0.4) is 0 Å². The van der Waals surface area contributed by atoms with E-state index in [2.05, 4.69) is 63.9 Å². The first kappa shape index (κ1) is 21.3. The van der Waals surface area contributed by atoms with E-state index < -0.39 is 0 Å². The van der Waals surface area contributed by atoms with E-state index in [-0.39, 0.29) is 5.97 Å². The summed E-state index contributed by atoms with van der Waals surface area (Å²) >= 11 is 0. The van der Waals surface area contributed by atoms with Crippen molar-refractivity contribution in [2.75, 3.05) is 19.0 Å². The van der Waals surface area contributed by atoms with Crippen LogP contribution in [0.5, 0.6) is 0 Å². The summed E-state index contributed by atoms with van der Waals surface area (Å²) in [5, 5.41) is 4.92. The summed E-state index contributed by atoms with van der Waals surface area (Å²) in [6, 6.07) is 19.2. The van der Waals surface area contributed by atoms with Gasteiger partial charge in [0.2, 0.25) is 0 Å². The molecule has 0 aliphatic heterocycles. The molecule has 2 N–H and O–H groups in total. The molecule has 33 heavy (non-hydrogen) atoms. The third-order valence-corrected chi connectivity index (χ3v) is 6.78. The number of aryl methyl sites for hydroxylation is 2. The lowest BCUT2D eigenvalue weighted by molar-refractivity contribution is 0.0594. The topological polar surface area (TPSA) is 67.0 Å². The number of methoxy groups -OCH3 is 1. The average molecular weight is 440 g/mol. The Balaban J connectivity index is 1.23. The van der Waals surface area contributed by atoms with Crippen molar-refractivity contribution in [3.8, 4) is 0 Å². The zero-order valence-electron chi connectivity index (χ0n) is 18.9. The highest BCUT2D eigenvalue weighted by Crippen LogP contribution is 2.33. The first-order valence-electron chi connectivity index (χ1n) is 11.7. The Morgan fingerprint density at radius 1 is 1.09 bits per heavy atom. The molecule has 2 aromatic heterocycles. The Kier molecular flexibility index (Phi) is 6.11. The van der Waals surface area contributed by atoms with Gasteiger partial charge < -0.3 is 15.0 Å². The Hall–Kier alpha value is -3.60. The first-order valence-corrected chi connectivity index (χ1v) is 11.7. The minimum atomic E-state index is -0.378. The molecular weight excluding hydrogens is 410 g/mol. The lowest BCUT2D eigenvalue weighted by Crippen LogP contribution is -2.07. The van der Waals surface area contributed by atoms with Crippen LogP contribution in [0.15, 0.2) is 67.0 Å². The van der Waals surface area contributed by atoms with Crippen molar-refractivity contribution in [1.29, 1.82) is 0 Å². The highest BCUT2D eigenvalue weighted by molar-refractivity contribution is 5.87. The molecule has 0 bridgehead atoms. The lowest BCUT2D eigenvalue weighted by Gasteiger charge is -2.14. The normalized spacial score (nSPS) is 15.6. The lowest BCUT2D eigenvalue weighted by atomic mass is 9.91. The van der Waals surface area contributed by atoms with Crippen LogP contribution in [-0.4, -0.2) is 29.6 Å². The fraction of sp³-hybridized carbons (Fsp3) is 0.286. The van der Waals surface area contributed by atoms with Gasteiger partial charge in [0, 0.05) is 35.5 Å². The highest BCUT2D eigenvalue weighted by Gasteiger charge is 2.20. The number of hydrogen-bond acceptors (Lipinski definition) is 4. The van der Waals surface area contributed by atoms with E-state index >= 15 is 0 Å². The van der Waals surface area contributed by atoms with Gasteiger partial charge in [-0.1, -0.05) is 24.3 Å². The minimum absolute atomic E-state index is 0.378. The van der Waals surface area contributed by atoms with Gasteiger partial charge in [0.1, 0.15) is 5.69 Å². The summed E-state index contributed by atoms with van der Waals surface area (Å²) in [5.74, 6) is 0.0409. The van der Waals surface area contributed by atoms with Gasteiger partial charge in [-0.05, 0) is 90.6 Å². The van der Waals surface area contributed by atoms with Crippen LogP contribution in [0.25, 0.3) is 10.9 Å². The number of aromatic nitrogens is 2. The molecule has 5 heteroatoms. The van der Waals surface area contributed by atoms with Crippen LogP contribution in [0.4, 0.5) is 5.69 Å². The molecule has 1 aliphatic rings. The van der Waals surface area contributed by atoms with E-state index in [0.29, 0.717) is 11.6 Å². The number of hydrogen-bond donors (Lipinski definition) is 2. The van der Waals surface area contributed by atoms with Gasteiger partial charge in [-0.15, -0.1) is 0 Å². The maximum atomic E-state index is 11.9. The SMILES string of the molecule is COC(=O)c1cc(C2CCc3ccc(NCCc4c[nH]c5ccccc45)cc3CC2)ccn1. The van der Waals surface area contributed by atoms with Crippen LogP contribution in [0, 0.1) is 0 Å². The molecule has 5 nitrogen and oxygen atoms in total. The molecule has 1 unspecified atom stereocenters. The third kappa shape index (κ3) is 4.63. The number of fused-ring (bicyclic) bond motifs is 2. The summed E-state index contributed by atoms with van der Waals surface area (Å²) in [6.07, 6.45) is 9.04. The van der Waals surface area contributed by atoms with E-state index in [9.17, 15) is 4.79 Å². The van der Waals surface area contributed by atoms with Crippen LogP contribution in [0.2, 0.25) is 0 Å². The molecule has 0 saturated heterocycles. The maximum absolute atomic E-state index is 11.9. The predicted octanol–water partition coefficient (Wildman–Crippen LogP) is 5.67. The Bertz CT molecular complexity index is 1280. The largest absolute Gasteiger partial charge is 0.464 e. The number of benzene rings is 2. The van der Waals surface area contributed by atoms with Gasteiger partial charge in [-0.25, -0.2) is 9.78 Å². The molecule has 1 atom stereocenters. The zero-order chi connectivity index (χ0) is 22.6. The molecule has 168 valence electrons. The van der Waals surface area contributed by atoms with Crippen LogP contribution < -0.4 is 5.32 Å². The molecule has 2 aromatic carbocycles. The van der Waals surface area contributed by atoms with E-state index in [4.69, 9.17) is 4.74 Å². The second-order valence-electron chi connectivity index (χ2n) is 8.76. The van der Waals surface area contributed by atoms with Gasteiger partial charge in [0.05, 0.1) is 7.11 Å². The van der Waals surface area contributed by atoms with Gasteiger partial charge in [0.15, 0.2) is 0 Å². The molecule has 0 fully saturated rings. The number of anilines is 1. The monoisotopic (exact) mass is 439 g/mol. The second-order valence-corrected chi connectivity index (χ2v) is 8.76. The number of esters is 1. The maximum Gasteiger partial charge on any atom is 0.356 e. The van der Waals surface area contributed by atoms with Gasteiger partial charge in [-0.3, -0.25) is 0 Å². The van der Waals surface area contributed by atoms with Crippen molar-refractivity contribution in [2.45, 2.75) is 38.0 Å².